The Hall–Kier alpha value is -0.560. The van der Waals surface area contributed by atoms with Crippen LogP contribution in [0.3, 0.4) is 0 Å². The lowest BCUT2D eigenvalue weighted by atomic mass is 9.89. The smallest absolute Gasteiger partial charge is 0.0963 e. The van der Waals surface area contributed by atoms with Gasteiger partial charge in [-0.1, -0.05) is 31.9 Å². The van der Waals surface area contributed by atoms with Crippen LogP contribution >= 0.6 is 0 Å². The Kier molecular flexibility index (Phi) is 3.86. The summed E-state index contributed by atoms with van der Waals surface area (Å²) in [5, 5.41) is 10.3. The summed E-state index contributed by atoms with van der Waals surface area (Å²) in [6.07, 6.45) is 10.7. The minimum Gasteiger partial charge on any atom is -0.384 e. The van der Waals surface area contributed by atoms with E-state index in [1.54, 1.807) is 5.57 Å². The number of hydrogen-bond acceptors (Lipinski definition) is 1. The predicted octanol–water partition coefficient (Wildman–Crippen LogP) is 3.98. The quantitative estimate of drug-likeness (QED) is 0.663. The van der Waals surface area contributed by atoms with E-state index in [1.165, 1.54) is 43.3 Å². The van der Waals surface area contributed by atoms with E-state index in [9.17, 15) is 5.11 Å². The Morgan fingerprint density at radius 1 is 1.06 bits per heavy atom. The average Bonchev–Trinajstić information content (AvgIpc) is 2.61. The van der Waals surface area contributed by atoms with E-state index in [0.717, 1.165) is 12.8 Å². The summed E-state index contributed by atoms with van der Waals surface area (Å²) in [5.41, 5.74) is 4.21. The van der Waals surface area contributed by atoms with E-state index in [-0.39, 0.29) is 6.10 Å². The third kappa shape index (κ3) is 2.57. The molecule has 1 atom stereocenters. The number of hydrogen-bond donors (Lipinski definition) is 1. The van der Waals surface area contributed by atoms with E-state index in [1.807, 2.05) is 0 Å². The minimum absolute atomic E-state index is 0.240. The maximum atomic E-state index is 10.3. The Labute approximate surface area is 99.3 Å². The second kappa shape index (κ2) is 5.18. The standard InChI is InChI=1S/C15H24O/c1-11(2)10-13-8-9-14(15(13)16)12-6-4-3-5-7-12/h10-11,15-16H,3-9H2,1-2H3. The van der Waals surface area contributed by atoms with E-state index in [4.69, 9.17) is 0 Å². The molecular formula is C15H24O. The Balaban J connectivity index is 2.14. The van der Waals surface area contributed by atoms with Gasteiger partial charge in [-0.15, -0.1) is 0 Å². The van der Waals surface area contributed by atoms with Gasteiger partial charge in [-0.05, 0) is 55.6 Å². The normalized spacial score (nSPS) is 29.5. The van der Waals surface area contributed by atoms with E-state index >= 15 is 0 Å². The van der Waals surface area contributed by atoms with Gasteiger partial charge in [0.15, 0.2) is 0 Å². The number of allylic oxidation sites excluding steroid dienone is 2. The molecule has 0 radical (unpaired) electrons. The van der Waals surface area contributed by atoms with Crippen LogP contribution in [0.4, 0.5) is 0 Å². The van der Waals surface area contributed by atoms with Crippen LogP contribution in [0.5, 0.6) is 0 Å². The molecule has 2 saturated carbocycles. The van der Waals surface area contributed by atoms with Gasteiger partial charge in [-0.2, -0.15) is 0 Å². The van der Waals surface area contributed by atoms with Crippen molar-refractivity contribution in [1.29, 1.82) is 0 Å². The molecule has 1 unspecified atom stereocenters. The van der Waals surface area contributed by atoms with Gasteiger partial charge in [0.1, 0.15) is 0 Å². The summed E-state index contributed by atoms with van der Waals surface area (Å²) in [6, 6.07) is 0. The molecule has 2 fully saturated rings. The summed E-state index contributed by atoms with van der Waals surface area (Å²) in [6.45, 7) is 4.37. The Morgan fingerprint density at radius 2 is 1.75 bits per heavy atom. The molecular weight excluding hydrogens is 196 g/mol. The van der Waals surface area contributed by atoms with E-state index in [0.29, 0.717) is 5.92 Å². The molecule has 0 heterocycles. The molecule has 0 aliphatic heterocycles. The van der Waals surface area contributed by atoms with Gasteiger partial charge < -0.3 is 5.11 Å². The van der Waals surface area contributed by atoms with Gasteiger partial charge in [0.2, 0.25) is 0 Å². The van der Waals surface area contributed by atoms with Crippen molar-refractivity contribution in [2.75, 3.05) is 0 Å². The topological polar surface area (TPSA) is 20.2 Å². The maximum absolute atomic E-state index is 10.3. The molecule has 90 valence electrons. The average molecular weight is 220 g/mol. The fourth-order valence-corrected chi connectivity index (χ4v) is 3.05. The highest BCUT2D eigenvalue weighted by Gasteiger charge is 2.26. The van der Waals surface area contributed by atoms with Crippen molar-refractivity contribution in [3.63, 3.8) is 0 Å². The van der Waals surface area contributed by atoms with Gasteiger partial charge in [0.05, 0.1) is 6.10 Å². The largest absolute Gasteiger partial charge is 0.384 e. The molecule has 1 N–H and O–H groups in total. The molecule has 1 heteroatoms. The third-order valence-corrected chi connectivity index (χ3v) is 3.82. The second-order valence-corrected chi connectivity index (χ2v) is 5.58. The summed E-state index contributed by atoms with van der Waals surface area (Å²) in [5.74, 6) is 0.556. The van der Waals surface area contributed by atoms with Gasteiger partial charge in [0, 0.05) is 0 Å². The zero-order chi connectivity index (χ0) is 11.5. The van der Waals surface area contributed by atoms with Crippen LogP contribution in [0.15, 0.2) is 22.8 Å². The van der Waals surface area contributed by atoms with Gasteiger partial charge >= 0.3 is 0 Å². The highest BCUT2D eigenvalue weighted by atomic mass is 16.3. The van der Waals surface area contributed by atoms with Crippen molar-refractivity contribution < 1.29 is 5.11 Å². The van der Waals surface area contributed by atoms with E-state index in [2.05, 4.69) is 19.9 Å². The minimum atomic E-state index is -0.240. The van der Waals surface area contributed by atoms with Crippen LogP contribution in [0, 0.1) is 5.92 Å². The summed E-state index contributed by atoms with van der Waals surface area (Å²) in [7, 11) is 0. The highest BCUT2D eigenvalue weighted by Crippen LogP contribution is 2.37. The first-order valence-electron chi connectivity index (χ1n) is 6.78. The highest BCUT2D eigenvalue weighted by molar-refractivity contribution is 5.35. The van der Waals surface area contributed by atoms with Crippen molar-refractivity contribution in [2.24, 2.45) is 5.92 Å². The molecule has 2 aliphatic rings. The zero-order valence-electron chi connectivity index (χ0n) is 10.6. The molecule has 0 spiro atoms. The first-order chi connectivity index (χ1) is 7.68. The van der Waals surface area contributed by atoms with Crippen molar-refractivity contribution in [2.45, 2.75) is 64.9 Å². The molecule has 0 aromatic heterocycles. The lowest BCUT2D eigenvalue weighted by Crippen LogP contribution is -2.10. The fraction of sp³-hybridized carbons (Fsp3) is 0.733. The monoisotopic (exact) mass is 220 g/mol. The summed E-state index contributed by atoms with van der Waals surface area (Å²) in [4.78, 5) is 0. The van der Waals surface area contributed by atoms with Crippen LogP contribution in [-0.4, -0.2) is 11.2 Å². The van der Waals surface area contributed by atoms with Gasteiger partial charge in [-0.3, -0.25) is 0 Å². The molecule has 0 bridgehead atoms. The van der Waals surface area contributed by atoms with Crippen LogP contribution in [0.2, 0.25) is 0 Å². The van der Waals surface area contributed by atoms with Gasteiger partial charge in [-0.25, -0.2) is 0 Å². The Bertz CT molecular complexity index is 301. The van der Waals surface area contributed by atoms with Crippen LogP contribution in [-0.2, 0) is 0 Å². The third-order valence-electron chi connectivity index (χ3n) is 3.82. The molecule has 1 nitrogen and oxygen atoms in total. The Morgan fingerprint density at radius 3 is 2.38 bits per heavy atom. The van der Waals surface area contributed by atoms with Crippen LogP contribution in [0.1, 0.15) is 58.8 Å². The molecule has 0 amide bonds. The van der Waals surface area contributed by atoms with Crippen molar-refractivity contribution in [1.82, 2.24) is 0 Å². The lowest BCUT2D eigenvalue weighted by Gasteiger charge is -2.19. The van der Waals surface area contributed by atoms with Crippen molar-refractivity contribution >= 4 is 0 Å². The summed E-state index contributed by atoms with van der Waals surface area (Å²) < 4.78 is 0. The van der Waals surface area contributed by atoms with E-state index < -0.39 is 0 Å². The number of rotatable bonds is 1. The lowest BCUT2D eigenvalue weighted by molar-refractivity contribution is 0.252. The first-order valence-corrected chi connectivity index (χ1v) is 6.78. The van der Waals surface area contributed by atoms with Crippen molar-refractivity contribution in [3.8, 4) is 0 Å². The molecule has 16 heavy (non-hydrogen) atoms. The maximum Gasteiger partial charge on any atom is 0.0963 e. The fourth-order valence-electron chi connectivity index (χ4n) is 3.05. The second-order valence-electron chi connectivity index (χ2n) is 5.58. The van der Waals surface area contributed by atoms with Crippen molar-refractivity contribution in [3.05, 3.63) is 22.8 Å². The molecule has 0 aromatic rings. The molecule has 2 aliphatic carbocycles. The van der Waals surface area contributed by atoms with Gasteiger partial charge in [0.25, 0.3) is 0 Å². The van der Waals surface area contributed by atoms with Crippen LogP contribution < -0.4 is 0 Å². The SMILES string of the molecule is CC(C)C=C1CCC(=C2CCCCC2)C1O. The number of aliphatic hydroxyl groups is 1. The first kappa shape index (κ1) is 11.9. The molecule has 0 saturated heterocycles. The van der Waals surface area contributed by atoms with Crippen LogP contribution in [0.25, 0.3) is 0 Å². The predicted molar refractivity (Wildman–Crippen MR) is 68.3 cm³/mol. The zero-order valence-corrected chi connectivity index (χ0v) is 10.6. The number of aliphatic hydroxyl groups excluding tert-OH is 1. The molecule has 0 aromatic carbocycles. The molecule has 2 rings (SSSR count). The summed E-state index contributed by atoms with van der Waals surface area (Å²) >= 11 is 0.